The smallest absolute Gasteiger partial charge is 0.288 e. The van der Waals surface area contributed by atoms with Crippen LogP contribution in [0.3, 0.4) is 0 Å². The van der Waals surface area contributed by atoms with Crippen LogP contribution >= 0.6 is 0 Å². The Hall–Kier alpha value is -2.66. The van der Waals surface area contributed by atoms with Crippen LogP contribution in [-0.4, -0.2) is 32.5 Å². The molecule has 0 unspecified atom stereocenters. The van der Waals surface area contributed by atoms with E-state index in [1.807, 2.05) is 13.1 Å². The maximum Gasteiger partial charge on any atom is 0.416 e. The summed E-state index contributed by atoms with van der Waals surface area (Å²) in [5.74, 6) is 0. The molecule has 8 heteroatoms. The van der Waals surface area contributed by atoms with Crippen molar-refractivity contribution in [1.29, 1.82) is 5.26 Å². The van der Waals surface area contributed by atoms with Gasteiger partial charge in [-0.25, -0.2) is 0 Å². The van der Waals surface area contributed by atoms with Gasteiger partial charge in [-0.3, -0.25) is 9.58 Å². The van der Waals surface area contributed by atoms with Crippen LogP contribution in [0.15, 0.2) is 43.1 Å². The Morgan fingerprint density at radius 3 is 2.50 bits per heavy atom. The largest absolute Gasteiger partial charge is 0.416 e. The number of hydrogen-bond acceptors (Lipinski definition) is 4. The number of hydrogen-bond donors (Lipinski definition) is 0. The number of aromatic nitrogens is 3. The second-order valence-corrected chi connectivity index (χ2v) is 7.34. The lowest BCUT2D eigenvalue weighted by Crippen LogP contribution is -2.49. The zero-order chi connectivity index (χ0) is 20.5. The lowest BCUT2D eigenvalue weighted by molar-refractivity contribution is -0.137. The van der Waals surface area contributed by atoms with E-state index in [9.17, 15) is 18.4 Å². The van der Waals surface area contributed by atoms with E-state index in [-0.39, 0.29) is 12.1 Å². The molecule has 1 aliphatic rings. The second kappa shape index (κ2) is 7.40. The normalized spacial score (nSPS) is 26.0. The molecule has 0 spiro atoms. The van der Waals surface area contributed by atoms with Crippen molar-refractivity contribution in [3.8, 4) is 6.07 Å². The zero-order valence-electron chi connectivity index (χ0n) is 15.8. The fourth-order valence-corrected chi connectivity index (χ4v) is 4.08. The number of benzene rings is 1. The van der Waals surface area contributed by atoms with Gasteiger partial charge in [0, 0.05) is 25.8 Å². The highest BCUT2D eigenvalue weighted by atomic mass is 19.4. The molecule has 2 aromatic rings. The van der Waals surface area contributed by atoms with E-state index in [2.05, 4.69) is 27.9 Å². The summed E-state index contributed by atoms with van der Waals surface area (Å²) in [7, 11) is 1.77. The molecule has 148 valence electrons. The molecule has 0 aliphatic carbocycles. The van der Waals surface area contributed by atoms with Gasteiger partial charge in [-0.05, 0) is 37.5 Å². The molecule has 3 atom stereocenters. The maximum absolute atomic E-state index is 12.9. The molecule has 5 nitrogen and oxygen atoms in total. The Kier molecular flexibility index (Phi) is 5.31. The van der Waals surface area contributed by atoms with Gasteiger partial charge in [0.25, 0.3) is 0 Å². The Labute approximate surface area is 162 Å². The first kappa shape index (κ1) is 20.1. The van der Waals surface area contributed by atoms with Crippen molar-refractivity contribution in [3.63, 3.8) is 0 Å². The quantitative estimate of drug-likeness (QED) is 0.742. The van der Waals surface area contributed by atoms with Crippen LogP contribution in [0.5, 0.6) is 0 Å². The van der Waals surface area contributed by atoms with Crippen LogP contribution in [0.1, 0.15) is 42.6 Å². The van der Waals surface area contributed by atoms with Gasteiger partial charge < -0.3 is 0 Å². The van der Waals surface area contributed by atoms with E-state index in [0.717, 1.165) is 17.8 Å². The zero-order valence-corrected chi connectivity index (χ0v) is 15.8. The van der Waals surface area contributed by atoms with Crippen molar-refractivity contribution in [1.82, 2.24) is 19.9 Å². The van der Waals surface area contributed by atoms with Crippen LogP contribution < -0.4 is 0 Å². The molecule has 28 heavy (non-hydrogen) atoms. The number of likely N-dealkylation sites (tertiary alicyclic amines) is 1. The molecule has 1 aliphatic heterocycles. The number of aryl methyl sites for hydroxylation is 1. The van der Waals surface area contributed by atoms with Crippen LogP contribution in [-0.2, 0) is 18.6 Å². The fourth-order valence-electron chi connectivity index (χ4n) is 4.08. The standard InChI is InChI=1S/C20H22F3N5/c1-4-9-28-14(2)10-19(13-24,11-18(28)17-12-27(3)26-25-17)15-5-7-16(8-6-15)20(21,22)23/h4-8,12,14,18H,1,9-11H2,2-3H3/t14-,18-,19+/m0/s1. The molecule has 1 aromatic heterocycles. The highest BCUT2D eigenvalue weighted by Crippen LogP contribution is 2.46. The molecule has 3 rings (SSSR count). The van der Waals surface area contributed by atoms with E-state index >= 15 is 0 Å². The van der Waals surface area contributed by atoms with Crippen molar-refractivity contribution in [2.24, 2.45) is 7.05 Å². The van der Waals surface area contributed by atoms with Crippen molar-refractivity contribution in [2.45, 2.75) is 43.4 Å². The van der Waals surface area contributed by atoms with Crippen LogP contribution in [0.4, 0.5) is 13.2 Å². The highest BCUT2D eigenvalue weighted by Gasteiger charge is 2.46. The van der Waals surface area contributed by atoms with Crippen molar-refractivity contribution in [3.05, 3.63) is 59.9 Å². The summed E-state index contributed by atoms with van der Waals surface area (Å²) >= 11 is 0. The Morgan fingerprint density at radius 2 is 2.00 bits per heavy atom. The molecule has 1 fully saturated rings. The third-order valence-electron chi connectivity index (χ3n) is 5.43. The molecule has 0 N–H and O–H groups in total. The average molecular weight is 389 g/mol. The third kappa shape index (κ3) is 3.67. The number of piperidine rings is 1. The first-order valence-electron chi connectivity index (χ1n) is 9.02. The first-order valence-corrected chi connectivity index (χ1v) is 9.02. The Bertz CT molecular complexity index is 880. The summed E-state index contributed by atoms with van der Waals surface area (Å²) in [6.45, 7) is 6.45. The first-order chi connectivity index (χ1) is 13.2. The van der Waals surface area contributed by atoms with Gasteiger partial charge in [-0.2, -0.15) is 18.4 Å². The van der Waals surface area contributed by atoms with Crippen LogP contribution in [0.2, 0.25) is 0 Å². The SMILES string of the molecule is C=CCN1[C@@H](C)C[C@@](C#N)(c2ccc(C(F)(F)F)cc2)C[C@H]1c1cn(C)nn1. The van der Waals surface area contributed by atoms with Gasteiger partial charge in [-0.1, -0.05) is 23.4 Å². The second-order valence-electron chi connectivity index (χ2n) is 7.34. The van der Waals surface area contributed by atoms with E-state index in [0.29, 0.717) is 24.9 Å². The van der Waals surface area contributed by atoms with Gasteiger partial charge in [0.2, 0.25) is 0 Å². The lowest BCUT2D eigenvalue weighted by atomic mass is 9.68. The van der Waals surface area contributed by atoms with Crippen LogP contribution in [0, 0.1) is 11.3 Å². The van der Waals surface area contributed by atoms with E-state index in [4.69, 9.17) is 0 Å². The van der Waals surface area contributed by atoms with E-state index in [1.165, 1.54) is 12.1 Å². The molecule has 1 saturated heterocycles. The van der Waals surface area contributed by atoms with Crippen molar-refractivity contribution < 1.29 is 13.2 Å². The average Bonchev–Trinajstić information content (AvgIpc) is 3.09. The van der Waals surface area contributed by atoms with Crippen LogP contribution in [0.25, 0.3) is 0 Å². The van der Waals surface area contributed by atoms with Crippen molar-refractivity contribution >= 4 is 0 Å². The number of nitrogens with zero attached hydrogens (tertiary/aromatic N) is 5. The van der Waals surface area contributed by atoms with Gasteiger partial charge in [0.05, 0.1) is 28.8 Å². The summed E-state index contributed by atoms with van der Waals surface area (Å²) in [5, 5.41) is 18.3. The molecule has 0 amide bonds. The molecule has 0 bridgehead atoms. The number of nitriles is 1. The lowest BCUT2D eigenvalue weighted by Gasteiger charge is -2.46. The fraction of sp³-hybridized carbons (Fsp3) is 0.450. The van der Waals surface area contributed by atoms with Gasteiger partial charge in [0.15, 0.2) is 0 Å². The summed E-state index contributed by atoms with van der Waals surface area (Å²) < 4.78 is 40.4. The number of halogens is 3. The molecular formula is C20H22F3N5. The molecule has 1 aromatic carbocycles. The predicted octanol–water partition coefficient (Wildman–Crippen LogP) is 4.01. The summed E-state index contributed by atoms with van der Waals surface area (Å²) in [4.78, 5) is 2.21. The molecule has 0 radical (unpaired) electrons. The van der Waals surface area contributed by atoms with E-state index < -0.39 is 17.2 Å². The minimum Gasteiger partial charge on any atom is -0.288 e. The minimum atomic E-state index is -4.40. The minimum absolute atomic E-state index is 0.0145. The van der Waals surface area contributed by atoms with Crippen molar-refractivity contribution in [2.75, 3.05) is 6.54 Å². The summed E-state index contributed by atoms with van der Waals surface area (Å²) in [5.41, 5.74) is -0.278. The molecular weight excluding hydrogens is 367 g/mol. The Morgan fingerprint density at radius 1 is 1.32 bits per heavy atom. The summed E-state index contributed by atoms with van der Waals surface area (Å²) in [6, 6.07) is 7.18. The van der Waals surface area contributed by atoms with Gasteiger partial charge in [-0.15, -0.1) is 11.7 Å². The molecule has 2 heterocycles. The van der Waals surface area contributed by atoms with Gasteiger partial charge in [0.1, 0.15) is 0 Å². The summed E-state index contributed by atoms with van der Waals surface area (Å²) in [6.07, 6.45) is 0.150. The third-order valence-corrected chi connectivity index (χ3v) is 5.43. The predicted molar refractivity (Wildman–Crippen MR) is 98.1 cm³/mol. The molecule has 0 saturated carbocycles. The topological polar surface area (TPSA) is 57.7 Å². The van der Waals surface area contributed by atoms with E-state index in [1.54, 1.807) is 17.8 Å². The number of rotatable bonds is 4. The van der Waals surface area contributed by atoms with Gasteiger partial charge >= 0.3 is 6.18 Å². The maximum atomic E-state index is 12.9. The monoisotopic (exact) mass is 389 g/mol. The Balaban J connectivity index is 2.01. The number of alkyl halides is 3. The highest BCUT2D eigenvalue weighted by molar-refractivity contribution is 5.37.